The second-order valence-electron chi connectivity index (χ2n) is 9.05. The molecule has 5 heteroatoms. The SMILES string of the molecule is CCCCCCCC/C=C\CCCCCCCC(=O)OC(CO)CO[Si](C)(C)C. The first-order valence-corrected chi connectivity index (χ1v) is 15.4. The quantitative estimate of drug-likeness (QED) is 0.100. The number of hydrogen-bond donors (Lipinski definition) is 1. The third-order valence-electron chi connectivity index (χ3n) is 4.85. The van der Waals surface area contributed by atoms with Crippen LogP contribution in [-0.2, 0) is 14.0 Å². The van der Waals surface area contributed by atoms with Crippen LogP contribution in [0.25, 0.3) is 0 Å². The Bertz CT molecular complexity index is 404. The number of esters is 1. The lowest BCUT2D eigenvalue weighted by molar-refractivity contribution is -0.153. The van der Waals surface area contributed by atoms with Gasteiger partial charge in [0.05, 0.1) is 13.2 Å². The lowest BCUT2D eigenvalue weighted by Crippen LogP contribution is -2.34. The van der Waals surface area contributed by atoms with E-state index in [2.05, 4.69) is 38.7 Å². The molecule has 1 unspecified atom stereocenters. The molecule has 0 saturated heterocycles. The molecule has 0 aromatic carbocycles. The van der Waals surface area contributed by atoms with E-state index in [-0.39, 0.29) is 12.6 Å². The van der Waals surface area contributed by atoms with E-state index in [1.807, 2.05) is 0 Å². The van der Waals surface area contributed by atoms with Crippen LogP contribution in [-0.4, -0.2) is 38.7 Å². The maximum atomic E-state index is 11.9. The summed E-state index contributed by atoms with van der Waals surface area (Å²) in [5.74, 6) is -0.221. The summed E-state index contributed by atoms with van der Waals surface area (Å²) >= 11 is 0. The molecular formula is C24H48O4Si. The van der Waals surface area contributed by atoms with Crippen molar-refractivity contribution in [2.45, 2.75) is 123 Å². The van der Waals surface area contributed by atoms with Gasteiger partial charge in [-0.05, 0) is 51.7 Å². The topological polar surface area (TPSA) is 55.8 Å². The highest BCUT2D eigenvalue weighted by Crippen LogP contribution is 2.11. The van der Waals surface area contributed by atoms with Gasteiger partial charge in [0.1, 0.15) is 6.10 Å². The van der Waals surface area contributed by atoms with E-state index < -0.39 is 14.4 Å². The van der Waals surface area contributed by atoms with Crippen molar-refractivity contribution in [3.8, 4) is 0 Å². The Labute approximate surface area is 181 Å². The molecule has 0 aromatic rings. The molecule has 0 fully saturated rings. The maximum Gasteiger partial charge on any atom is 0.306 e. The largest absolute Gasteiger partial charge is 0.457 e. The van der Waals surface area contributed by atoms with E-state index in [1.54, 1.807) is 0 Å². The van der Waals surface area contributed by atoms with Gasteiger partial charge in [0, 0.05) is 6.42 Å². The molecule has 0 radical (unpaired) electrons. The number of rotatable bonds is 20. The van der Waals surface area contributed by atoms with E-state index >= 15 is 0 Å². The fourth-order valence-corrected chi connectivity index (χ4v) is 3.74. The predicted octanol–water partition coefficient (Wildman–Crippen LogP) is 6.78. The van der Waals surface area contributed by atoms with Crippen molar-refractivity contribution in [1.82, 2.24) is 0 Å². The van der Waals surface area contributed by atoms with Crippen molar-refractivity contribution < 1.29 is 19.1 Å². The first-order chi connectivity index (χ1) is 13.9. The Hall–Kier alpha value is -0.653. The molecule has 0 aromatic heterocycles. The Morgan fingerprint density at radius 1 is 0.862 bits per heavy atom. The third kappa shape index (κ3) is 21.9. The molecule has 0 aliphatic heterocycles. The van der Waals surface area contributed by atoms with Crippen molar-refractivity contribution in [2.24, 2.45) is 0 Å². The van der Waals surface area contributed by atoms with Gasteiger partial charge in [0.25, 0.3) is 0 Å². The van der Waals surface area contributed by atoms with Crippen molar-refractivity contribution in [1.29, 1.82) is 0 Å². The Morgan fingerprint density at radius 2 is 1.38 bits per heavy atom. The van der Waals surface area contributed by atoms with Crippen LogP contribution in [0.15, 0.2) is 12.2 Å². The average molecular weight is 429 g/mol. The summed E-state index contributed by atoms with van der Waals surface area (Å²) < 4.78 is 11.0. The van der Waals surface area contributed by atoms with E-state index in [1.165, 1.54) is 70.6 Å². The molecule has 0 bridgehead atoms. The Kier molecular flexibility index (Phi) is 18.9. The van der Waals surface area contributed by atoms with Gasteiger partial charge in [-0.25, -0.2) is 0 Å². The molecule has 0 rings (SSSR count). The van der Waals surface area contributed by atoms with Gasteiger partial charge < -0.3 is 14.3 Å². The lowest BCUT2D eigenvalue weighted by atomic mass is 10.1. The molecule has 172 valence electrons. The monoisotopic (exact) mass is 428 g/mol. The number of carbonyl (C=O) groups is 1. The molecule has 1 atom stereocenters. The van der Waals surface area contributed by atoms with Crippen LogP contribution in [0.4, 0.5) is 0 Å². The van der Waals surface area contributed by atoms with Crippen LogP contribution >= 0.6 is 0 Å². The van der Waals surface area contributed by atoms with Crippen LogP contribution < -0.4 is 0 Å². The Morgan fingerprint density at radius 3 is 1.90 bits per heavy atom. The summed E-state index contributed by atoms with van der Waals surface area (Å²) in [6.07, 6.45) is 20.7. The van der Waals surface area contributed by atoms with Crippen molar-refractivity contribution in [2.75, 3.05) is 13.2 Å². The molecule has 0 amide bonds. The Balaban J connectivity index is 3.48. The first kappa shape index (κ1) is 28.3. The summed E-state index contributed by atoms with van der Waals surface area (Å²) in [5, 5.41) is 9.33. The van der Waals surface area contributed by atoms with Gasteiger partial charge in [0.2, 0.25) is 0 Å². The van der Waals surface area contributed by atoms with E-state index in [0.29, 0.717) is 13.0 Å². The van der Waals surface area contributed by atoms with Gasteiger partial charge >= 0.3 is 5.97 Å². The smallest absolute Gasteiger partial charge is 0.306 e. The zero-order valence-electron chi connectivity index (χ0n) is 19.7. The fourth-order valence-electron chi connectivity index (χ4n) is 3.05. The third-order valence-corrected chi connectivity index (χ3v) is 5.88. The minimum absolute atomic E-state index is 0.178. The zero-order valence-corrected chi connectivity index (χ0v) is 20.7. The molecule has 0 heterocycles. The number of allylic oxidation sites excluding steroid dienone is 2. The molecule has 29 heavy (non-hydrogen) atoms. The summed E-state index contributed by atoms with van der Waals surface area (Å²) in [7, 11) is -1.66. The zero-order chi connectivity index (χ0) is 21.8. The molecule has 0 aliphatic rings. The number of aliphatic hydroxyl groups excluding tert-OH is 1. The lowest BCUT2D eigenvalue weighted by Gasteiger charge is -2.22. The summed E-state index contributed by atoms with van der Waals surface area (Å²) in [6.45, 7) is 8.61. The van der Waals surface area contributed by atoms with E-state index in [9.17, 15) is 9.90 Å². The molecule has 0 aliphatic carbocycles. The highest BCUT2D eigenvalue weighted by atomic mass is 28.4. The van der Waals surface area contributed by atoms with Crippen molar-refractivity contribution in [3.05, 3.63) is 12.2 Å². The molecule has 4 nitrogen and oxygen atoms in total. The fraction of sp³-hybridized carbons (Fsp3) is 0.875. The van der Waals surface area contributed by atoms with Crippen molar-refractivity contribution >= 4 is 14.3 Å². The van der Waals surface area contributed by atoms with Crippen molar-refractivity contribution in [3.63, 3.8) is 0 Å². The summed E-state index contributed by atoms with van der Waals surface area (Å²) in [5.41, 5.74) is 0. The minimum Gasteiger partial charge on any atom is -0.457 e. The van der Waals surface area contributed by atoms with Gasteiger partial charge in [-0.2, -0.15) is 0 Å². The average Bonchev–Trinajstić information content (AvgIpc) is 2.67. The summed E-state index contributed by atoms with van der Waals surface area (Å²) in [6, 6.07) is 0. The normalized spacial score (nSPS) is 13.1. The highest BCUT2D eigenvalue weighted by Gasteiger charge is 2.19. The molecule has 0 saturated carbocycles. The van der Waals surface area contributed by atoms with Crippen LogP contribution in [0.2, 0.25) is 19.6 Å². The number of unbranched alkanes of at least 4 members (excludes halogenated alkanes) is 11. The van der Waals surface area contributed by atoms with Crippen LogP contribution in [0.5, 0.6) is 0 Å². The first-order valence-electron chi connectivity index (χ1n) is 12.0. The van der Waals surface area contributed by atoms with Gasteiger partial charge in [-0.3, -0.25) is 4.79 Å². The van der Waals surface area contributed by atoms with E-state index in [4.69, 9.17) is 9.16 Å². The molecule has 0 spiro atoms. The summed E-state index contributed by atoms with van der Waals surface area (Å²) in [4.78, 5) is 11.9. The number of hydrogen-bond acceptors (Lipinski definition) is 4. The highest BCUT2D eigenvalue weighted by molar-refractivity contribution is 6.69. The number of ether oxygens (including phenoxy) is 1. The van der Waals surface area contributed by atoms with Gasteiger partial charge in [-0.1, -0.05) is 70.4 Å². The maximum absolute atomic E-state index is 11.9. The molecule has 1 N–H and O–H groups in total. The van der Waals surface area contributed by atoms with Gasteiger partial charge in [0.15, 0.2) is 8.32 Å². The van der Waals surface area contributed by atoms with Crippen LogP contribution in [0.1, 0.15) is 96.8 Å². The predicted molar refractivity (Wildman–Crippen MR) is 126 cm³/mol. The molecular weight excluding hydrogens is 380 g/mol. The standard InChI is InChI=1S/C24H48O4Si/c1-5-6-7-8-9-10-11-12-13-14-15-16-17-18-19-20-24(26)28-23(21-25)22-27-29(2,3)4/h12-13,23,25H,5-11,14-22H2,1-4H3/b13-12-. The van der Waals surface area contributed by atoms with Crippen LogP contribution in [0.3, 0.4) is 0 Å². The van der Waals surface area contributed by atoms with Crippen LogP contribution in [0, 0.1) is 0 Å². The number of aliphatic hydroxyl groups is 1. The second-order valence-corrected chi connectivity index (χ2v) is 13.6. The van der Waals surface area contributed by atoms with Gasteiger partial charge in [-0.15, -0.1) is 0 Å². The number of carbonyl (C=O) groups excluding carboxylic acids is 1. The minimum atomic E-state index is -1.66. The van der Waals surface area contributed by atoms with E-state index in [0.717, 1.165) is 12.8 Å². The second kappa shape index (κ2) is 19.3.